The van der Waals surface area contributed by atoms with Crippen LogP contribution in [0.1, 0.15) is 6.92 Å². The summed E-state index contributed by atoms with van der Waals surface area (Å²) in [6, 6.07) is 17.1. The summed E-state index contributed by atoms with van der Waals surface area (Å²) >= 11 is 1.40. The van der Waals surface area contributed by atoms with E-state index in [1.54, 1.807) is 6.20 Å². The maximum Gasteiger partial charge on any atom is 0.237 e. The van der Waals surface area contributed by atoms with E-state index in [0.717, 1.165) is 21.7 Å². The number of carbonyl (C=O) groups excluding carboxylic acids is 1. The quantitative estimate of drug-likeness (QED) is 0.746. The molecule has 0 radical (unpaired) electrons. The number of benzene rings is 2. The van der Waals surface area contributed by atoms with Crippen molar-refractivity contribution in [3.63, 3.8) is 0 Å². The molecule has 1 heterocycles. The van der Waals surface area contributed by atoms with Crippen molar-refractivity contribution in [2.75, 3.05) is 5.32 Å². The Morgan fingerprint density at radius 3 is 2.50 bits per heavy atom. The summed E-state index contributed by atoms with van der Waals surface area (Å²) in [6.45, 7) is 1.86. The summed E-state index contributed by atoms with van der Waals surface area (Å²) < 4.78 is 0. The number of hydrogen-bond donors (Lipinski definition) is 1. The van der Waals surface area contributed by atoms with Gasteiger partial charge in [0.1, 0.15) is 5.03 Å². The second kappa shape index (κ2) is 6.58. The van der Waals surface area contributed by atoms with Gasteiger partial charge in [-0.25, -0.2) is 4.98 Å². The highest BCUT2D eigenvalue weighted by Crippen LogP contribution is 2.23. The third-order valence-electron chi connectivity index (χ3n) is 3.13. The van der Waals surface area contributed by atoms with Gasteiger partial charge in [0.05, 0.1) is 22.5 Å². The number of carbonyl (C=O) groups is 1. The average molecular weight is 309 g/mol. The Morgan fingerprint density at radius 1 is 1.05 bits per heavy atom. The summed E-state index contributed by atoms with van der Waals surface area (Å²) in [5.41, 5.74) is 2.49. The summed E-state index contributed by atoms with van der Waals surface area (Å²) in [5, 5.41) is 3.38. The number of fused-ring (bicyclic) bond motifs is 1. The molecule has 3 aromatic rings. The molecule has 0 fully saturated rings. The topological polar surface area (TPSA) is 54.9 Å². The van der Waals surface area contributed by atoms with Gasteiger partial charge in [-0.3, -0.25) is 9.78 Å². The van der Waals surface area contributed by atoms with Crippen LogP contribution in [0.3, 0.4) is 0 Å². The van der Waals surface area contributed by atoms with Gasteiger partial charge in [-0.1, -0.05) is 42.1 Å². The predicted molar refractivity (Wildman–Crippen MR) is 89.9 cm³/mol. The van der Waals surface area contributed by atoms with Gasteiger partial charge in [0.25, 0.3) is 0 Å². The lowest BCUT2D eigenvalue weighted by atomic mass is 10.3. The molecule has 0 saturated heterocycles. The van der Waals surface area contributed by atoms with Crippen molar-refractivity contribution in [1.29, 1.82) is 0 Å². The summed E-state index contributed by atoms with van der Waals surface area (Å²) in [4.78, 5) is 21.1. The number of anilines is 1. The van der Waals surface area contributed by atoms with Crippen molar-refractivity contribution in [3.05, 3.63) is 60.8 Å². The van der Waals surface area contributed by atoms with Crippen LogP contribution >= 0.6 is 11.8 Å². The molecule has 22 heavy (non-hydrogen) atoms. The van der Waals surface area contributed by atoms with Crippen LogP contribution in [0.4, 0.5) is 5.69 Å². The van der Waals surface area contributed by atoms with Crippen LogP contribution < -0.4 is 5.32 Å². The van der Waals surface area contributed by atoms with E-state index >= 15 is 0 Å². The monoisotopic (exact) mass is 309 g/mol. The number of nitrogens with one attached hydrogen (secondary N) is 1. The molecule has 1 aromatic heterocycles. The smallest absolute Gasteiger partial charge is 0.237 e. The standard InChI is InChI=1S/C17H15N3OS/c1-12(17(21)19-13-7-3-2-4-8-13)22-16-11-18-14-9-5-6-10-15(14)20-16/h2-12H,1H3,(H,19,21). The van der Waals surface area contributed by atoms with Crippen LogP contribution in [-0.2, 0) is 4.79 Å². The fourth-order valence-corrected chi connectivity index (χ4v) is 2.79. The Morgan fingerprint density at radius 2 is 1.73 bits per heavy atom. The Labute approximate surface area is 133 Å². The molecule has 4 nitrogen and oxygen atoms in total. The third-order valence-corrected chi connectivity index (χ3v) is 4.14. The lowest BCUT2D eigenvalue weighted by Gasteiger charge is -2.11. The second-order valence-corrected chi connectivity index (χ2v) is 6.17. The van der Waals surface area contributed by atoms with Crippen LogP contribution in [-0.4, -0.2) is 21.1 Å². The van der Waals surface area contributed by atoms with E-state index in [2.05, 4.69) is 15.3 Å². The van der Waals surface area contributed by atoms with Gasteiger partial charge in [-0.05, 0) is 31.2 Å². The molecule has 110 valence electrons. The van der Waals surface area contributed by atoms with E-state index in [1.165, 1.54) is 11.8 Å². The van der Waals surface area contributed by atoms with Crippen molar-refractivity contribution in [1.82, 2.24) is 9.97 Å². The number of para-hydroxylation sites is 3. The molecule has 1 atom stereocenters. The average Bonchev–Trinajstić information content (AvgIpc) is 2.55. The molecule has 1 N–H and O–H groups in total. The Hall–Kier alpha value is -2.40. The zero-order chi connectivity index (χ0) is 15.4. The molecule has 0 aliphatic heterocycles. The molecule has 2 aromatic carbocycles. The molecule has 1 amide bonds. The van der Waals surface area contributed by atoms with Crippen LogP contribution in [0.2, 0.25) is 0 Å². The Kier molecular flexibility index (Phi) is 4.34. The highest BCUT2D eigenvalue weighted by Gasteiger charge is 2.15. The zero-order valence-corrected chi connectivity index (χ0v) is 12.9. The van der Waals surface area contributed by atoms with Gasteiger partial charge in [-0.2, -0.15) is 0 Å². The van der Waals surface area contributed by atoms with Crippen molar-refractivity contribution < 1.29 is 4.79 Å². The number of thioether (sulfide) groups is 1. The van der Waals surface area contributed by atoms with Crippen molar-refractivity contribution in [2.45, 2.75) is 17.2 Å². The number of amides is 1. The minimum atomic E-state index is -0.254. The fraction of sp³-hybridized carbons (Fsp3) is 0.118. The molecular formula is C17H15N3OS. The highest BCUT2D eigenvalue weighted by molar-refractivity contribution is 8.00. The number of nitrogens with zero attached hydrogens (tertiary/aromatic N) is 2. The van der Waals surface area contributed by atoms with Gasteiger partial charge in [0.2, 0.25) is 5.91 Å². The number of hydrogen-bond acceptors (Lipinski definition) is 4. The second-order valence-electron chi connectivity index (χ2n) is 4.81. The first-order chi connectivity index (χ1) is 10.7. The molecule has 0 bridgehead atoms. The maximum atomic E-state index is 12.2. The van der Waals surface area contributed by atoms with E-state index in [4.69, 9.17) is 0 Å². The summed E-state index contributed by atoms with van der Waals surface area (Å²) in [7, 11) is 0. The number of rotatable bonds is 4. The van der Waals surface area contributed by atoms with Crippen molar-refractivity contribution >= 4 is 34.4 Å². The highest BCUT2D eigenvalue weighted by atomic mass is 32.2. The fourth-order valence-electron chi connectivity index (χ4n) is 2.00. The molecule has 0 aliphatic rings. The van der Waals surface area contributed by atoms with E-state index < -0.39 is 0 Å². The summed E-state index contributed by atoms with van der Waals surface area (Å²) in [6.07, 6.45) is 1.71. The van der Waals surface area contributed by atoms with Gasteiger partial charge in [0, 0.05) is 5.69 Å². The van der Waals surface area contributed by atoms with E-state index in [-0.39, 0.29) is 11.2 Å². The molecule has 0 saturated carbocycles. The van der Waals surface area contributed by atoms with Gasteiger partial charge in [-0.15, -0.1) is 0 Å². The van der Waals surface area contributed by atoms with Gasteiger partial charge in [0.15, 0.2) is 0 Å². The largest absolute Gasteiger partial charge is 0.325 e. The van der Waals surface area contributed by atoms with E-state index in [1.807, 2.05) is 61.5 Å². The van der Waals surface area contributed by atoms with Gasteiger partial charge >= 0.3 is 0 Å². The van der Waals surface area contributed by atoms with Crippen LogP contribution in [0.25, 0.3) is 11.0 Å². The first-order valence-electron chi connectivity index (χ1n) is 6.97. The van der Waals surface area contributed by atoms with Gasteiger partial charge < -0.3 is 5.32 Å². The minimum Gasteiger partial charge on any atom is -0.325 e. The minimum absolute atomic E-state index is 0.0499. The number of aromatic nitrogens is 2. The van der Waals surface area contributed by atoms with Crippen LogP contribution in [0.15, 0.2) is 65.8 Å². The van der Waals surface area contributed by atoms with Crippen molar-refractivity contribution in [2.24, 2.45) is 0 Å². The van der Waals surface area contributed by atoms with E-state index in [9.17, 15) is 4.79 Å². The first-order valence-corrected chi connectivity index (χ1v) is 7.85. The molecule has 0 aliphatic carbocycles. The maximum absolute atomic E-state index is 12.2. The SMILES string of the molecule is CC(Sc1cnc2ccccc2n1)C(=O)Nc1ccccc1. The third kappa shape index (κ3) is 3.43. The Balaban J connectivity index is 1.69. The molecule has 1 unspecified atom stereocenters. The Bertz CT molecular complexity index is 792. The lowest BCUT2D eigenvalue weighted by molar-refractivity contribution is -0.115. The van der Waals surface area contributed by atoms with Crippen LogP contribution in [0.5, 0.6) is 0 Å². The first kappa shape index (κ1) is 14.5. The lowest BCUT2D eigenvalue weighted by Crippen LogP contribution is -2.22. The zero-order valence-electron chi connectivity index (χ0n) is 12.1. The molecule has 3 rings (SSSR count). The van der Waals surface area contributed by atoms with E-state index in [0.29, 0.717) is 0 Å². The molecule has 5 heteroatoms. The van der Waals surface area contributed by atoms with Crippen LogP contribution in [0, 0.1) is 0 Å². The summed E-state index contributed by atoms with van der Waals surface area (Å²) in [5.74, 6) is -0.0499. The molecule has 0 spiro atoms. The normalized spacial score (nSPS) is 12.0. The predicted octanol–water partition coefficient (Wildman–Crippen LogP) is 3.75. The molecular weight excluding hydrogens is 294 g/mol. The van der Waals surface area contributed by atoms with Crippen molar-refractivity contribution in [3.8, 4) is 0 Å².